The number of hydrogen-bond acceptors (Lipinski definition) is 26. The van der Waals surface area contributed by atoms with Crippen molar-refractivity contribution < 1.29 is 104 Å². The van der Waals surface area contributed by atoms with E-state index in [0.717, 1.165) is 28.4 Å². The van der Waals surface area contributed by atoms with Gasteiger partial charge in [0.2, 0.25) is 24.0 Å². The molecule has 0 saturated carbocycles. The van der Waals surface area contributed by atoms with Crippen molar-refractivity contribution in [3.05, 3.63) is 55.1 Å². The summed E-state index contributed by atoms with van der Waals surface area (Å²) in [6.07, 6.45) is -10.7. The molecule has 36 nitrogen and oxygen atoms in total. The first-order chi connectivity index (χ1) is 45.6. The Labute approximate surface area is 555 Å². The van der Waals surface area contributed by atoms with Gasteiger partial charge < -0.3 is 76.0 Å². The maximum Gasteiger partial charge on any atom is 0.412 e. The number of nitrogens with one attached hydrogen (secondary N) is 5. The minimum absolute atomic E-state index is 0.00431. The van der Waals surface area contributed by atoms with E-state index in [4.69, 9.17) is 82.3 Å². The van der Waals surface area contributed by atoms with E-state index in [1.54, 1.807) is 38.1 Å². The fourth-order valence-corrected chi connectivity index (χ4v) is 12.6. The molecule has 3 aliphatic rings. The lowest BCUT2D eigenvalue weighted by Gasteiger charge is -2.29. The van der Waals surface area contributed by atoms with Gasteiger partial charge in [-0.05, 0) is 72.9 Å². The number of nitrogens with two attached hydrogens (primary N) is 2. The highest BCUT2D eigenvalue weighted by molar-refractivity contribution is 8.07. The zero-order chi connectivity index (χ0) is 69.6. The molecule has 7 heterocycles. The molecule has 8 rings (SSSR count). The molecule has 12 N–H and O–H groups in total. The number of carboxylic acid groups (broad SMARTS) is 1. The van der Waals surface area contributed by atoms with Crippen molar-refractivity contribution in [2.75, 3.05) is 56.3 Å². The number of amides is 7. The molecule has 1 aromatic carbocycles. The third-order valence-electron chi connectivity index (χ3n) is 15.1. The summed E-state index contributed by atoms with van der Waals surface area (Å²) in [6, 6.07) is 4.63. The third-order valence-corrected chi connectivity index (χ3v) is 17.9. The van der Waals surface area contributed by atoms with Gasteiger partial charge >= 0.3 is 37.6 Å². The number of nitrogen functional groups attached to an aromatic ring is 1. The number of fused-ring (bicyclic) bond motifs is 4. The van der Waals surface area contributed by atoms with Crippen molar-refractivity contribution in [1.29, 1.82) is 0 Å². The number of imidazole rings is 2. The lowest BCUT2D eigenvalue weighted by atomic mass is 9.89. The second-order valence-corrected chi connectivity index (χ2v) is 28.1. The second-order valence-electron chi connectivity index (χ2n) is 22.6. The molecular formula is C54H72F2N16O20P2S2. The second kappa shape index (κ2) is 33.5. The van der Waals surface area contributed by atoms with E-state index in [-0.39, 0.29) is 109 Å². The summed E-state index contributed by atoms with van der Waals surface area (Å²) in [5, 5.41) is 22.1. The summed E-state index contributed by atoms with van der Waals surface area (Å²) < 4.78 is 79.2. The minimum atomic E-state index is -4.64. The zero-order valence-electron chi connectivity index (χ0n) is 51.9. The van der Waals surface area contributed by atoms with Gasteiger partial charge in [-0.25, -0.2) is 53.1 Å². The summed E-state index contributed by atoms with van der Waals surface area (Å²) in [5.74, 6) is -4.94. The molecule has 7 amide bonds. The van der Waals surface area contributed by atoms with E-state index in [1.165, 1.54) is 24.9 Å². The van der Waals surface area contributed by atoms with Gasteiger partial charge in [0.1, 0.15) is 43.6 Å². The Morgan fingerprint density at radius 2 is 1.45 bits per heavy atom. The quantitative estimate of drug-likeness (QED) is 0.0194. The van der Waals surface area contributed by atoms with E-state index in [2.05, 4.69) is 56.5 Å². The highest BCUT2D eigenvalue weighted by Gasteiger charge is 2.55. The number of carboxylic acids is 1. The van der Waals surface area contributed by atoms with Crippen molar-refractivity contribution in [3.63, 3.8) is 0 Å². The number of carbonyl (C=O) groups excluding carboxylic acids is 7. The number of ketones is 1. The van der Waals surface area contributed by atoms with Crippen LogP contribution in [0.2, 0.25) is 0 Å². The van der Waals surface area contributed by atoms with Gasteiger partial charge in [-0.1, -0.05) is 39.3 Å². The van der Waals surface area contributed by atoms with E-state index in [1.807, 2.05) is 0 Å². The summed E-state index contributed by atoms with van der Waals surface area (Å²) >= 11 is 10.3. The number of rotatable bonds is 28. The van der Waals surface area contributed by atoms with Crippen LogP contribution in [0, 0.1) is 17.8 Å². The number of Topliss-reactive ketones (excluding diaryl/α,β-unsaturated/α-hetero) is 1. The van der Waals surface area contributed by atoms with Gasteiger partial charge in [0.05, 0.1) is 37.8 Å². The van der Waals surface area contributed by atoms with Gasteiger partial charge in [-0.3, -0.25) is 47.5 Å². The Morgan fingerprint density at radius 1 is 0.792 bits per heavy atom. The van der Waals surface area contributed by atoms with Gasteiger partial charge in [0.25, 0.3) is 0 Å². The molecular weight excluding hydrogens is 1360 g/mol. The average Bonchev–Trinajstić information content (AvgIpc) is 1.62. The van der Waals surface area contributed by atoms with Gasteiger partial charge in [-0.15, -0.1) is 4.67 Å². The highest BCUT2D eigenvalue weighted by Crippen LogP contribution is 2.55. The number of primary amides is 1. The van der Waals surface area contributed by atoms with Crippen LogP contribution >= 0.6 is 13.4 Å². The number of alkyl halides is 2. The predicted molar refractivity (Wildman–Crippen MR) is 336 cm³/mol. The van der Waals surface area contributed by atoms with Crippen LogP contribution in [0.5, 0.6) is 0 Å². The molecule has 0 aliphatic carbocycles. The molecule has 3 fully saturated rings. The number of anilines is 3. The van der Waals surface area contributed by atoms with Crippen molar-refractivity contribution in [3.8, 4) is 0 Å². The first-order valence-electron chi connectivity index (χ1n) is 29.9. The van der Waals surface area contributed by atoms with Crippen LogP contribution in [0.15, 0.2) is 49.6 Å². The SMILES string of the molecule is CC(CC(=O)NCCCCCC(=O)NC(C(=O)C[C@@H](CCCNC(N)=O)C(=O)Nc1ccc(COC(=O)N(C)CCOC(=O)Nc2ncnc3c2ncn3[C@@H]2O[C@@H]3OOP(O)(=S)O[C@H]4[C@@H](F)[C@H](n5cnc6c(N)ncnc65)O[C@@H]4COP(O)(=S)O[C@H]3[C@H]2F)cc1)C(C)C)C(=O)O. The normalized spacial score (nSPS) is 24.4. The molecule has 96 heavy (non-hydrogen) atoms. The van der Waals surface area contributed by atoms with E-state index < -0.39 is 117 Å². The number of likely N-dealkylation sites (N-methyl/N-ethyl adjacent to an activating group) is 1. The number of ether oxygens (including phenoxy) is 4. The van der Waals surface area contributed by atoms with E-state index in [9.17, 15) is 48.1 Å². The fourth-order valence-electron chi connectivity index (χ4n) is 10.0. The molecule has 4 unspecified atom stereocenters. The van der Waals surface area contributed by atoms with E-state index >= 15 is 8.78 Å². The number of hydrogen-bond donors (Lipinski definition) is 10. The number of carbonyl (C=O) groups is 8. The van der Waals surface area contributed by atoms with Gasteiger partial charge in [0.15, 0.2) is 65.1 Å². The van der Waals surface area contributed by atoms with Crippen LogP contribution in [0.25, 0.3) is 22.3 Å². The van der Waals surface area contributed by atoms with Crippen molar-refractivity contribution in [2.24, 2.45) is 23.5 Å². The zero-order valence-corrected chi connectivity index (χ0v) is 55.3. The standard InChI is InChI=1S/C54H72F2N16O20P2S2/c1-27(2)38(68-34(74)10-6-5-7-15-59-35(75)19-28(3)50(77)78)32(73)20-30(9-8-16-60-52(58)79)47(76)67-31-13-11-29(12-14-31)21-85-54(81)70(4)17-18-84-53(80)69-44-40-46(64-24-62-44)72(26-66-40)49-37(56)42-51(88-49)89-92-94(83,96)90-41-33(22-86-93(82,95)91-42)87-48(36(41)55)71-25-65-39-43(57)61-23-63-45(39)71/h11-14,23-28,30,33,36-38,41-42,48-49,51H,5-10,15-22H2,1-4H3,(H,59,75)(H,67,76)(H,68,74)(H,77,78)(H,82,95)(H,83,96)(H2,57,61,63)(H3,58,60,79)(H,62,64,69,80)/t28?,30-,33-,36-,37-,38?,41-,42+,48-,49-,51-,93?,94?/m1/s1. The molecule has 4 aromatic heterocycles. The van der Waals surface area contributed by atoms with Gasteiger partial charge in [0, 0.05) is 51.0 Å². The molecule has 42 heteroatoms. The smallest absolute Gasteiger partial charge is 0.412 e. The molecule has 5 aromatic rings. The van der Waals surface area contributed by atoms with Crippen LogP contribution in [-0.2, 0) is 96.3 Å². The van der Waals surface area contributed by atoms with Crippen LogP contribution in [0.3, 0.4) is 0 Å². The van der Waals surface area contributed by atoms with E-state index in [0.29, 0.717) is 43.5 Å². The van der Waals surface area contributed by atoms with Crippen LogP contribution in [0.4, 0.5) is 40.5 Å². The number of urea groups is 1. The molecule has 524 valence electrons. The first kappa shape index (κ1) is 74.1. The Bertz CT molecular complexity index is 3720. The Kier molecular flexibility index (Phi) is 25.8. The fraction of sp³-hybridized carbons (Fsp3) is 0.556. The third kappa shape index (κ3) is 20.0. The summed E-state index contributed by atoms with van der Waals surface area (Å²) in [4.78, 5) is 154. The molecule has 0 bridgehead atoms. The lowest BCUT2D eigenvalue weighted by Crippen LogP contribution is -2.45. The summed E-state index contributed by atoms with van der Waals surface area (Å²) in [5.41, 5.74) is 11.9. The molecule has 13 atom stereocenters. The van der Waals surface area contributed by atoms with Crippen molar-refractivity contribution >= 4 is 124 Å². The number of aliphatic carboxylic acids is 1. The minimum Gasteiger partial charge on any atom is -0.481 e. The van der Waals surface area contributed by atoms with Crippen molar-refractivity contribution in [2.45, 2.75) is 134 Å². The summed E-state index contributed by atoms with van der Waals surface area (Å²) in [6.45, 7) is -5.19. The topological polar surface area (TPSA) is 483 Å². The van der Waals surface area contributed by atoms with Gasteiger partial charge in [-0.2, -0.15) is 4.89 Å². The lowest BCUT2D eigenvalue weighted by molar-refractivity contribution is -0.336. The van der Waals surface area contributed by atoms with Crippen LogP contribution in [-0.4, -0.2) is 189 Å². The Morgan fingerprint density at radius 3 is 2.15 bits per heavy atom. The van der Waals surface area contributed by atoms with Crippen LogP contribution < -0.4 is 38.1 Å². The molecule has 0 radical (unpaired) electrons. The maximum absolute atomic E-state index is 16.6. The molecule has 3 aliphatic heterocycles. The Balaban J connectivity index is 0.782. The number of halogens is 2. The number of benzene rings is 1. The first-order valence-corrected chi connectivity index (χ1v) is 35.0. The number of aromatic nitrogens is 8. The maximum atomic E-state index is 16.6. The van der Waals surface area contributed by atoms with Crippen molar-refractivity contribution in [1.82, 2.24) is 59.9 Å². The highest BCUT2D eigenvalue weighted by atomic mass is 32.5. The number of nitrogens with zero attached hydrogens (tertiary/aromatic N) is 9. The largest absolute Gasteiger partial charge is 0.481 e. The Hall–Kier alpha value is -7.72. The predicted octanol–water partition coefficient (Wildman–Crippen LogP) is 3.57. The number of unbranched alkanes of at least 4 members (excludes halogenated alkanes) is 2. The molecule has 3 saturated heterocycles. The average molecular weight is 1430 g/mol. The van der Waals surface area contributed by atoms with Crippen LogP contribution in [0.1, 0.15) is 90.2 Å². The molecule has 0 spiro atoms. The summed E-state index contributed by atoms with van der Waals surface area (Å²) in [7, 11) is 1.39. The monoisotopic (exact) mass is 1430 g/mol.